The van der Waals surface area contributed by atoms with Crippen LogP contribution in [0.2, 0.25) is 0 Å². The minimum atomic E-state index is 1.02. The van der Waals surface area contributed by atoms with Gasteiger partial charge >= 0.3 is 0 Å². The van der Waals surface area contributed by atoms with E-state index >= 15 is 0 Å². The van der Waals surface area contributed by atoms with E-state index in [9.17, 15) is 0 Å². The molecule has 0 aromatic heterocycles. The highest BCUT2D eigenvalue weighted by Gasteiger charge is 2.17. The van der Waals surface area contributed by atoms with E-state index in [1.54, 1.807) is 0 Å². The Kier molecular flexibility index (Phi) is 8.34. The van der Waals surface area contributed by atoms with E-state index in [1.165, 1.54) is 50.3 Å². The molecule has 30 heavy (non-hydrogen) atoms. The summed E-state index contributed by atoms with van der Waals surface area (Å²) in [6, 6.07) is 9.15. The van der Waals surface area contributed by atoms with Gasteiger partial charge in [0.05, 0.1) is 0 Å². The van der Waals surface area contributed by atoms with Gasteiger partial charge in [-0.05, 0) is 106 Å². The Balaban J connectivity index is 2.65. The van der Waals surface area contributed by atoms with Crippen LogP contribution in [0, 0.1) is 27.7 Å². The largest absolute Gasteiger partial charge is 0.372 e. The monoisotopic (exact) mass is 404 g/mol. The summed E-state index contributed by atoms with van der Waals surface area (Å²) in [6.45, 7) is 26.0. The summed E-state index contributed by atoms with van der Waals surface area (Å²) in [5.41, 5.74) is 11.9. The molecule has 0 aliphatic rings. The van der Waals surface area contributed by atoms with Crippen molar-refractivity contribution >= 4 is 16.9 Å². The predicted molar refractivity (Wildman–Crippen MR) is 136 cm³/mol. The van der Waals surface area contributed by atoms with E-state index in [-0.39, 0.29) is 0 Å². The third-order valence-electron chi connectivity index (χ3n) is 6.59. The Bertz CT molecular complexity index is 843. The molecular weight excluding hydrogens is 364 g/mol. The molecule has 2 heteroatoms. The van der Waals surface area contributed by atoms with Crippen LogP contribution >= 0.6 is 0 Å². The average molecular weight is 405 g/mol. The molecule has 2 nitrogen and oxygen atoms in total. The second-order valence-electron chi connectivity index (χ2n) is 7.93. The van der Waals surface area contributed by atoms with E-state index in [4.69, 9.17) is 0 Å². The molecule has 0 amide bonds. The van der Waals surface area contributed by atoms with Gasteiger partial charge in [-0.25, -0.2) is 0 Å². The minimum absolute atomic E-state index is 1.02. The van der Waals surface area contributed by atoms with E-state index in [2.05, 4.69) is 102 Å². The van der Waals surface area contributed by atoms with Crippen LogP contribution in [0.4, 0.5) is 11.4 Å². The molecule has 162 valence electrons. The number of hydrogen-bond acceptors (Lipinski definition) is 2. The summed E-state index contributed by atoms with van der Waals surface area (Å²) in [7, 11) is 0. The van der Waals surface area contributed by atoms with Gasteiger partial charge in [0.2, 0.25) is 0 Å². The van der Waals surface area contributed by atoms with Crippen molar-refractivity contribution in [1.82, 2.24) is 0 Å². The highest BCUT2D eigenvalue weighted by atomic mass is 15.1. The molecule has 0 saturated heterocycles. The van der Waals surface area contributed by atoms with Gasteiger partial charge in [-0.15, -0.1) is 0 Å². The Hall–Kier alpha value is -2.48. The van der Waals surface area contributed by atoms with Gasteiger partial charge in [-0.3, -0.25) is 0 Å². The lowest BCUT2D eigenvalue weighted by Crippen LogP contribution is -2.23. The van der Waals surface area contributed by atoms with E-state index < -0.39 is 0 Å². The third-order valence-corrected chi connectivity index (χ3v) is 6.59. The number of hydrogen-bond donors (Lipinski definition) is 0. The summed E-state index contributed by atoms with van der Waals surface area (Å²) in [5.74, 6) is 0. The SMILES string of the molecule is C=CC=C(c1ccc(N(CC)CC)c(C)c1C)c1ccc(N(CC)CC)c(C)c1C. The summed E-state index contributed by atoms with van der Waals surface area (Å²) in [6.07, 6.45) is 4.08. The molecule has 0 radical (unpaired) electrons. The zero-order chi connectivity index (χ0) is 22.4. The van der Waals surface area contributed by atoms with Crippen LogP contribution in [0.5, 0.6) is 0 Å². The standard InChI is InChI=1S/C28H40N2/c1-10-15-26(24-16-18-27(22(8)20(24)6)29(11-2)12-3)25-17-19-28(23(9)21(25)7)30(13-4)14-5/h10,15-19H,1,11-14H2,2-9H3. The van der Waals surface area contributed by atoms with Gasteiger partial charge in [0.1, 0.15) is 0 Å². The van der Waals surface area contributed by atoms with Crippen molar-refractivity contribution in [1.29, 1.82) is 0 Å². The minimum Gasteiger partial charge on any atom is -0.372 e. The van der Waals surface area contributed by atoms with Gasteiger partial charge in [0.15, 0.2) is 0 Å². The smallest absolute Gasteiger partial charge is 0.0398 e. The molecule has 0 N–H and O–H groups in total. The molecule has 0 unspecified atom stereocenters. The van der Waals surface area contributed by atoms with E-state index in [0.29, 0.717) is 0 Å². The maximum Gasteiger partial charge on any atom is 0.0398 e. The molecule has 0 saturated carbocycles. The summed E-state index contributed by atoms with van der Waals surface area (Å²) < 4.78 is 0. The lowest BCUT2D eigenvalue weighted by atomic mass is 9.87. The molecule has 0 heterocycles. The number of benzene rings is 2. The fraction of sp³-hybridized carbons (Fsp3) is 0.429. The van der Waals surface area contributed by atoms with Crippen LogP contribution < -0.4 is 9.80 Å². The number of anilines is 2. The summed E-state index contributed by atoms with van der Waals surface area (Å²) in [4.78, 5) is 4.86. The Morgan fingerprint density at radius 1 is 0.667 bits per heavy atom. The molecular formula is C28H40N2. The summed E-state index contributed by atoms with van der Waals surface area (Å²) >= 11 is 0. The highest BCUT2D eigenvalue weighted by Crippen LogP contribution is 2.36. The number of nitrogens with zero attached hydrogens (tertiary/aromatic N) is 2. The van der Waals surface area contributed by atoms with Crippen molar-refractivity contribution in [2.45, 2.75) is 55.4 Å². The van der Waals surface area contributed by atoms with Gasteiger partial charge in [-0.2, -0.15) is 0 Å². The molecule has 2 rings (SSSR count). The second kappa shape index (κ2) is 10.5. The van der Waals surface area contributed by atoms with Gasteiger partial charge < -0.3 is 9.80 Å². The van der Waals surface area contributed by atoms with E-state index in [0.717, 1.165) is 26.2 Å². The van der Waals surface area contributed by atoms with Crippen molar-refractivity contribution < 1.29 is 0 Å². The first-order chi connectivity index (χ1) is 14.4. The Morgan fingerprint density at radius 2 is 1.03 bits per heavy atom. The van der Waals surface area contributed by atoms with Gasteiger partial charge in [-0.1, -0.05) is 30.9 Å². The first-order valence-electron chi connectivity index (χ1n) is 11.4. The fourth-order valence-corrected chi connectivity index (χ4v) is 4.45. The molecule has 0 fully saturated rings. The zero-order valence-electron chi connectivity index (χ0n) is 20.4. The lowest BCUT2D eigenvalue weighted by molar-refractivity contribution is 0.860. The van der Waals surface area contributed by atoms with Crippen molar-refractivity contribution in [2.75, 3.05) is 36.0 Å². The van der Waals surface area contributed by atoms with Crippen LogP contribution in [-0.2, 0) is 0 Å². The molecule has 0 spiro atoms. The lowest BCUT2D eigenvalue weighted by Gasteiger charge is -2.27. The zero-order valence-corrected chi connectivity index (χ0v) is 20.4. The molecule has 2 aromatic carbocycles. The molecule has 0 bridgehead atoms. The second-order valence-corrected chi connectivity index (χ2v) is 7.93. The third kappa shape index (κ3) is 4.48. The first-order valence-corrected chi connectivity index (χ1v) is 11.4. The molecule has 0 aliphatic carbocycles. The van der Waals surface area contributed by atoms with Crippen molar-refractivity contribution in [2.24, 2.45) is 0 Å². The molecule has 0 atom stereocenters. The average Bonchev–Trinajstić information content (AvgIpc) is 2.75. The number of allylic oxidation sites excluding steroid dienone is 2. The molecule has 0 aliphatic heterocycles. The van der Waals surface area contributed by atoms with Gasteiger partial charge in [0, 0.05) is 37.6 Å². The maximum absolute atomic E-state index is 4.01. The van der Waals surface area contributed by atoms with Gasteiger partial charge in [0.25, 0.3) is 0 Å². The first kappa shape index (κ1) is 23.8. The Labute approximate surface area is 184 Å². The van der Waals surface area contributed by atoms with Crippen LogP contribution in [0.25, 0.3) is 5.57 Å². The van der Waals surface area contributed by atoms with Crippen LogP contribution in [-0.4, -0.2) is 26.2 Å². The highest BCUT2D eigenvalue weighted by molar-refractivity contribution is 5.86. The van der Waals surface area contributed by atoms with Crippen LogP contribution in [0.3, 0.4) is 0 Å². The fourth-order valence-electron chi connectivity index (χ4n) is 4.45. The van der Waals surface area contributed by atoms with Crippen molar-refractivity contribution in [3.63, 3.8) is 0 Å². The van der Waals surface area contributed by atoms with Crippen molar-refractivity contribution in [3.05, 3.63) is 76.4 Å². The van der Waals surface area contributed by atoms with Crippen molar-refractivity contribution in [3.8, 4) is 0 Å². The van der Waals surface area contributed by atoms with E-state index in [1.807, 2.05) is 6.08 Å². The Morgan fingerprint density at radius 3 is 1.33 bits per heavy atom. The topological polar surface area (TPSA) is 6.48 Å². The normalized spacial score (nSPS) is 10.7. The van der Waals surface area contributed by atoms with Crippen LogP contribution in [0.15, 0.2) is 43.0 Å². The quantitative estimate of drug-likeness (QED) is 0.407. The number of rotatable bonds is 9. The van der Waals surface area contributed by atoms with Crippen LogP contribution in [0.1, 0.15) is 61.1 Å². The molecule has 2 aromatic rings. The summed E-state index contributed by atoms with van der Waals surface area (Å²) in [5, 5.41) is 0. The maximum atomic E-state index is 4.01. The predicted octanol–water partition coefficient (Wildman–Crippen LogP) is 7.23.